The molecule has 2 aromatic carbocycles. The number of benzene rings is 2. The first kappa shape index (κ1) is 18.9. The summed E-state index contributed by atoms with van der Waals surface area (Å²) in [6, 6.07) is 8.99. The molecular weight excluding hydrogens is 352 g/mol. The summed E-state index contributed by atoms with van der Waals surface area (Å²) >= 11 is 0. The standard InChI is InChI=1S/C17H17F2NO4S/c1-3-24-17(21)16(11-5-4-6-13(18)9-11)12-7-8-15(14(19)10-12)20-25(2,22)23/h4-10,16,20H,3H2,1-2H3. The first-order valence-electron chi connectivity index (χ1n) is 7.40. The summed E-state index contributed by atoms with van der Waals surface area (Å²) in [5.74, 6) is -3.08. The molecule has 0 aliphatic rings. The lowest BCUT2D eigenvalue weighted by Crippen LogP contribution is -2.18. The number of hydrogen-bond acceptors (Lipinski definition) is 4. The summed E-state index contributed by atoms with van der Waals surface area (Å²) in [6.45, 7) is 1.74. The van der Waals surface area contributed by atoms with Crippen LogP contribution in [0.25, 0.3) is 0 Å². The molecule has 8 heteroatoms. The van der Waals surface area contributed by atoms with E-state index in [1.54, 1.807) is 6.92 Å². The Labute approximate surface area is 144 Å². The lowest BCUT2D eigenvalue weighted by Gasteiger charge is -2.17. The molecule has 2 aromatic rings. The molecule has 25 heavy (non-hydrogen) atoms. The van der Waals surface area contributed by atoms with Crippen molar-refractivity contribution in [1.82, 2.24) is 0 Å². The first-order chi connectivity index (χ1) is 11.7. The number of sulfonamides is 1. The maximum atomic E-state index is 14.2. The van der Waals surface area contributed by atoms with Gasteiger partial charge in [-0.2, -0.15) is 0 Å². The van der Waals surface area contributed by atoms with Crippen LogP contribution in [0.3, 0.4) is 0 Å². The van der Waals surface area contributed by atoms with E-state index < -0.39 is 33.5 Å². The van der Waals surface area contributed by atoms with Crippen LogP contribution in [0.15, 0.2) is 42.5 Å². The van der Waals surface area contributed by atoms with Crippen molar-refractivity contribution in [3.63, 3.8) is 0 Å². The lowest BCUT2D eigenvalue weighted by atomic mass is 9.91. The molecule has 1 atom stereocenters. The molecule has 0 heterocycles. The molecule has 0 saturated heterocycles. The normalized spacial score (nSPS) is 12.5. The van der Waals surface area contributed by atoms with Crippen molar-refractivity contribution in [2.24, 2.45) is 0 Å². The predicted octanol–water partition coefficient (Wildman–Crippen LogP) is 3.03. The third-order valence-electron chi connectivity index (χ3n) is 3.33. The van der Waals surface area contributed by atoms with Crippen LogP contribution in [0.2, 0.25) is 0 Å². The van der Waals surface area contributed by atoms with E-state index in [9.17, 15) is 22.0 Å². The van der Waals surface area contributed by atoms with Gasteiger partial charge in [0.15, 0.2) is 0 Å². The summed E-state index contributed by atoms with van der Waals surface area (Å²) in [4.78, 5) is 12.3. The third-order valence-corrected chi connectivity index (χ3v) is 3.92. The number of anilines is 1. The van der Waals surface area contributed by atoms with Crippen molar-refractivity contribution in [3.05, 3.63) is 65.2 Å². The smallest absolute Gasteiger partial charge is 0.317 e. The van der Waals surface area contributed by atoms with Crippen LogP contribution < -0.4 is 4.72 Å². The van der Waals surface area contributed by atoms with Crippen LogP contribution in [-0.4, -0.2) is 27.2 Å². The highest BCUT2D eigenvalue weighted by atomic mass is 32.2. The fraction of sp³-hybridized carbons (Fsp3) is 0.235. The van der Waals surface area contributed by atoms with Crippen LogP contribution in [0, 0.1) is 11.6 Å². The quantitative estimate of drug-likeness (QED) is 0.795. The van der Waals surface area contributed by atoms with Gasteiger partial charge in [0.1, 0.15) is 17.6 Å². The second-order valence-corrected chi connectivity index (χ2v) is 7.10. The highest BCUT2D eigenvalue weighted by molar-refractivity contribution is 7.92. The maximum absolute atomic E-state index is 14.2. The summed E-state index contributed by atoms with van der Waals surface area (Å²) in [5, 5.41) is 0. The van der Waals surface area contributed by atoms with Gasteiger partial charge in [-0.05, 0) is 42.3 Å². The van der Waals surface area contributed by atoms with Gasteiger partial charge in [-0.15, -0.1) is 0 Å². The Balaban J connectivity index is 2.47. The largest absolute Gasteiger partial charge is 0.465 e. The predicted molar refractivity (Wildman–Crippen MR) is 89.7 cm³/mol. The lowest BCUT2D eigenvalue weighted by molar-refractivity contribution is -0.143. The highest BCUT2D eigenvalue weighted by Crippen LogP contribution is 2.29. The van der Waals surface area contributed by atoms with Crippen molar-refractivity contribution in [3.8, 4) is 0 Å². The molecule has 0 aromatic heterocycles. The van der Waals surface area contributed by atoms with Gasteiger partial charge in [-0.1, -0.05) is 18.2 Å². The molecule has 0 fully saturated rings. The fourth-order valence-electron chi connectivity index (χ4n) is 2.37. The molecule has 0 aliphatic heterocycles. The van der Waals surface area contributed by atoms with Crippen molar-refractivity contribution in [2.45, 2.75) is 12.8 Å². The van der Waals surface area contributed by atoms with Crippen molar-refractivity contribution >= 4 is 21.7 Å². The van der Waals surface area contributed by atoms with E-state index in [2.05, 4.69) is 0 Å². The number of rotatable bonds is 6. The fourth-order valence-corrected chi connectivity index (χ4v) is 2.93. The Hall–Kier alpha value is -2.48. The van der Waals surface area contributed by atoms with Gasteiger partial charge >= 0.3 is 5.97 Å². The SMILES string of the molecule is CCOC(=O)C(c1cccc(F)c1)c1ccc(NS(C)(=O)=O)c(F)c1. The molecule has 1 unspecified atom stereocenters. The van der Waals surface area contributed by atoms with Crippen molar-refractivity contribution in [1.29, 1.82) is 0 Å². The van der Waals surface area contributed by atoms with E-state index in [1.807, 2.05) is 4.72 Å². The molecule has 0 spiro atoms. The Kier molecular flexibility index (Phi) is 5.73. The minimum Gasteiger partial charge on any atom is -0.465 e. The van der Waals surface area contributed by atoms with Gasteiger partial charge in [0.05, 0.1) is 18.6 Å². The molecule has 0 amide bonds. The van der Waals surface area contributed by atoms with Crippen LogP contribution in [0.4, 0.5) is 14.5 Å². The number of esters is 1. The monoisotopic (exact) mass is 369 g/mol. The minimum atomic E-state index is -3.65. The van der Waals surface area contributed by atoms with Gasteiger partial charge in [0, 0.05) is 0 Å². The van der Waals surface area contributed by atoms with Crippen LogP contribution in [-0.2, 0) is 19.6 Å². The summed E-state index contributed by atoms with van der Waals surface area (Å²) in [5.41, 5.74) is 0.287. The zero-order valence-electron chi connectivity index (χ0n) is 13.6. The zero-order valence-corrected chi connectivity index (χ0v) is 14.4. The molecule has 0 radical (unpaired) electrons. The molecule has 0 bridgehead atoms. The number of halogens is 2. The van der Waals surface area contributed by atoms with Crippen LogP contribution in [0.1, 0.15) is 24.0 Å². The second kappa shape index (κ2) is 7.60. The number of carbonyl (C=O) groups excluding carboxylic acids is 1. The third kappa shape index (κ3) is 4.99. The van der Waals surface area contributed by atoms with E-state index >= 15 is 0 Å². The van der Waals surface area contributed by atoms with E-state index in [0.29, 0.717) is 5.56 Å². The number of hydrogen-bond donors (Lipinski definition) is 1. The summed E-state index contributed by atoms with van der Waals surface area (Å²) in [7, 11) is -3.65. The molecule has 2 rings (SSSR count). The Morgan fingerprint density at radius 3 is 2.40 bits per heavy atom. The second-order valence-electron chi connectivity index (χ2n) is 5.35. The molecule has 0 aliphatic carbocycles. The number of ether oxygens (including phenoxy) is 1. The Bertz CT molecular complexity index is 884. The van der Waals surface area contributed by atoms with Gasteiger partial charge in [0.2, 0.25) is 10.0 Å². The molecule has 5 nitrogen and oxygen atoms in total. The number of carbonyl (C=O) groups is 1. The number of nitrogens with one attached hydrogen (secondary N) is 1. The topological polar surface area (TPSA) is 72.5 Å². The van der Waals surface area contributed by atoms with E-state index in [4.69, 9.17) is 4.74 Å². The Morgan fingerprint density at radius 1 is 1.16 bits per heavy atom. The average Bonchev–Trinajstić information content (AvgIpc) is 2.49. The van der Waals surface area contributed by atoms with Gasteiger partial charge in [-0.25, -0.2) is 17.2 Å². The molecular formula is C17H17F2NO4S. The van der Waals surface area contributed by atoms with Crippen molar-refractivity contribution in [2.75, 3.05) is 17.6 Å². The highest BCUT2D eigenvalue weighted by Gasteiger charge is 2.25. The van der Waals surface area contributed by atoms with Crippen molar-refractivity contribution < 1.29 is 26.7 Å². The maximum Gasteiger partial charge on any atom is 0.317 e. The Morgan fingerprint density at radius 2 is 1.84 bits per heavy atom. The van der Waals surface area contributed by atoms with Gasteiger partial charge in [-0.3, -0.25) is 9.52 Å². The van der Waals surface area contributed by atoms with Gasteiger partial charge in [0.25, 0.3) is 0 Å². The summed E-state index contributed by atoms with van der Waals surface area (Å²) < 4.78 is 57.3. The zero-order chi connectivity index (χ0) is 18.6. The molecule has 1 N–H and O–H groups in total. The molecule has 134 valence electrons. The van der Waals surface area contributed by atoms with Crippen LogP contribution >= 0.6 is 0 Å². The van der Waals surface area contributed by atoms with E-state index in [1.165, 1.54) is 36.4 Å². The minimum absolute atomic E-state index is 0.112. The van der Waals surface area contributed by atoms with Gasteiger partial charge < -0.3 is 4.74 Å². The molecule has 0 saturated carbocycles. The first-order valence-corrected chi connectivity index (χ1v) is 9.29. The van der Waals surface area contributed by atoms with Crippen LogP contribution in [0.5, 0.6) is 0 Å². The van der Waals surface area contributed by atoms with E-state index in [0.717, 1.165) is 12.3 Å². The average molecular weight is 369 g/mol. The summed E-state index contributed by atoms with van der Waals surface area (Å²) in [6.07, 6.45) is 0.897. The van der Waals surface area contributed by atoms with E-state index in [-0.39, 0.29) is 17.9 Å².